The Kier molecular flexibility index (Phi) is 5.05. The first kappa shape index (κ1) is 14.2. The third-order valence-corrected chi connectivity index (χ3v) is 3.57. The minimum atomic E-state index is -0.215. The fraction of sp³-hybridized carbons (Fsp3) is 0.500. The number of nitrogens with one attached hydrogen (secondary N) is 1. The molecule has 0 bridgehead atoms. The molecular formula is C14H18ClNO3. The molecule has 1 amide bonds. The number of aliphatic hydroxyl groups is 1. The Balaban J connectivity index is 1.74. The maximum Gasteiger partial charge on any atom is 0.258 e. The van der Waals surface area contributed by atoms with Crippen molar-refractivity contribution in [1.82, 2.24) is 5.32 Å². The first-order valence-electron chi connectivity index (χ1n) is 6.50. The van der Waals surface area contributed by atoms with Crippen LogP contribution in [0.25, 0.3) is 0 Å². The molecule has 2 N–H and O–H groups in total. The lowest BCUT2D eigenvalue weighted by Crippen LogP contribution is -2.40. The number of carbonyl (C=O) groups is 1. The number of rotatable bonds is 4. The minimum absolute atomic E-state index is 0.0389. The summed E-state index contributed by atoms with van der Waals surface area (Å²) in [6.07, 6.45) is 2.91. The van der Waals surface area contributed by atoms with Gasteiger partial charge >= 0.3 is 0 Å². The number of amides is 1. The molecule has 0 heterocycles. The van der Waals surface area contributed by atoms with Crippen molar-refractivity contribution in [3.8, 4) is 5.75 Å². The third kappa shape index (κ3) is 4.40. The minimum Gasteiger partial charge on any atom is -0.482 e. The summed E-state index contributed by atoms with van der Waals surface area (Å²) in [5.74, 6) is 0.361. The standard InChI is InChI=1S/C14H18ClNO3/c15-12-3-1-2-4-13(12)19-9-14(18)16-10-5-7-11(17)8-6-10/h1-4,10-11,17H,5-9H2,(H,16,18). The van der Waals surface area contributed by atoms with Crippen molar-refractivity contribution < 1.29 is 14.6 Å². The van der Waals surface area contributed by atoms with Gasteiger partial charge in [0.15, 0.2) is 6.61 Å². The van der Waals surface area contributed by atoms with E-state index in [0.29, 0.717) is 10.8 Å². The summed E-state index contributed by atoms with van der Waals surface area (Å²) in [6.45, 7) is -0.0389. The van der Waals surface area contributed by atoms with E-state index in [9.17, 15) is 9.90 Å². The monoisotopic (exact) mass is 283 g/mol. The van der Waals surface area contributed by atoms with E-state index in [0.717, 1.165) is 25.7 Å². The van der Waals surface area contributed by atoms with Gasteiger partial charge in [0.1, 0.15) is 5.75 Å². The van der Waals surface area contributed by atoms with Crippen molar-refractivity contribution in [1.29, 1.82) is 0 Å². The van der Waals surface area contributed by atoms with Crippen LogP contribution in [0.15, 0.2) is 24.3 Å². The lowest BCUT2D eigenvalue weighted by molar-refractivity contribution is -0.124. The van der Waals surface area contributed by atoms with E-state index >= 15 is 0 Å². The Labute approximate surface area is 117 Å². The van der Waals surface area contributed by atoms with Gasteiger partial charge in [0.2, 0.25) is 0 Å². The zero-order valence-corrected chi connectivity index (χ0v) is 11.4. The first-order chi connectivity index (χ1) is 9.15. The lowest BCUT2D eigenvalue weighted by Gasteiger charge is -2.26. The molecule has 5 heteroatoms. The van der Waals surface area contributed by atoms with Crippen LogP contribution in [0.1, 0.15) is 25.7 Å². The average molecular weight is 284 g/mol. The maximum atomic E-state index is 11.7. The van der Waals surface area contributed by atoms with Crippen LogP contribution in [-0.4, -0.2) is 29.8 Å². The molecule has 1 aliphatic carbocycles. The van der Waals surface area contributed by atoms with E-state index in [1.807, 2.05) is 12.1 Å². The predicted octanol–water partition coefficient (Wildman–Crippen LogP) is 2.14. The molecule has 1 aromatic rings. The molecule has 0 aliphatic heterocycles. The Morgan fingerprint density at radius 1 is 1.32 bits per heavy atom. The highest BCUT2D eigenvalue weighted by Gasteiger charge is 2.20. The smallest absolute Gasteiger partial charge is 0.258 e. The van der Waals surface area contributed by atoms with Crippen LogP contribution < -0.4 is 10.1 Å². The van der Waals surface area contributed by atoms with Crippen LogP contribution in [0.5, 0.6) is 5.75 Å². The second-order valence-electron chi connectivity index (χ2n) is 4.79. The molecule has 0 radical (unpaired) electrons. The number of halogens is 1. The van der Waals surface area contributed by atoms with E-state index in [2.05, 4.69) is 5.32 Å². The van der Waals surface area contributed by atoms with E-state index in [1.54, 1.807) is 12.1 Å². The van der Waals surface area contributed by atoms with Crippen LogP contribution >= 0.6 is 11.6 Å². The van der Waals surface area contributed by atoms with Crippen molar-refractivity contribution in [2.45, 2.75) is 37.8 Å². The van der Waals surface area contributed by atoms with Gasteiger partial charge in [-0.2, -0.15) is 0 Å². The summed E-state index contributed by atoms with van der Waals surface area (Å²) in [6, 6.07) is 7.21. The number of hydrogen-bond donors (Lipinski definition) is 2. The molecule has 1 fully saturated rings. The Hall–Kier alpha value is -1.26. The molecule has 0 saturated heterocycles. The highest BCUT2D eigenvalue weighted by molar-refractivity contribution is 6.32. The number of aliphatic hydroxyl groups excluding tert-OH is 1. The number of para-hydroxylation sites is 1. The molecule has 104 valence electrons. The molecule has 0 atom stereocenters. The van der Waals surface area contributed by atoms with Gasteiger partial charge in [-0.3, -0.25) is 4.79 Å². The normalized spacial score (nSPS) is 22.8. The predicted molar refractivity (Wildman–Crippen MR) is 73.4 cm³/mol. The molecular weight excluding hydrogens is 266 g/mol. The summed E-state index contributed by atoms with van der Waals surface area (Å²) in [4.78, 5) is 11.7. The van der Waals surface area contributed by atoms with Gasteiger partial charge in [-0.05, 0) is 37.8 Å². The maximum absolute atomic E-state index is 11.7. The van der Waals surface area contributed by atoms with Crippen molar-refractivity contribution >= 4 is 17.5 Å². The fourth-order valence-electron chi connectivity index (χ4n) is 2.19. The second-order valence-corrected chi connectivity index (χ2v) is 5.20. The molecule has 1 aromatic carbocycles. The van der Waals surface area contributed by atoms with Gasteiger partial charge in [-0.15, -0.1) is 0 Å². The molecule has 1 saturated carbocycles. The highest BCUT2D eigenvalue weighted by atomic mass is 35.5. The van der Waals surface area contributed by atoms with Crippen LogP contribution in [0.2, 0.25) is 5.02 Å². The highest BCUT2D eigenvalue weighted by Crippen LogP contribution is 2.23. The van der Waals surface area contributed by atoms with Crippen molar-refractivity contribution in [2.75, 3.05) is 6.61 Å². The molecule has 4 nitrogen and oxygen atoms in total. The van der Waals surface area contributed by atoms with E-state index < -0.39 is 0 Å². The molecule has 0 spiro atoms. The molecule has 1 aliphatic rings. The van der Waals surface area contributed by atoms with Crippen LogP contribution in [-0.2, 0) is 4.79 Å². The topological polar surface area (TPSA) is 58.6 Å². The third-order valence-electron chi connectivity index (χ3n) is 3.26. The van der Waals surface area contributed by atoms with Gasteiger partial charge in [0.25, 0.3) is 5.91 Å². The van der Waals surface area contributed by atoms with Crippen molar-refractivity contribution in [3.63, 3.8) is 0 Å². The van der Waals surface area contributed by atoms with Crippen LogP contribution in [0.4, 0.5) is 0 Å². The summed E-state index contributed by atoms with van der Waals surface area (Å²) < 4.78 is 5.37. The lowest BCUT2D eigenvalue weighted by atomic mass is 9.93. The van der Waals surface area contributed by atoms with E-state index in [-0.39, 0.29) is 24.7 Å². The number of ether oxygens (including phenoxy) is 1. The summed E-state index contributed by atoms with van der Waals surface area (Å²) in [5, 5.41) is 12.8. The van der Waals surface area contributed by atoms with Gasteiger partial charge in [-0.25, -0.2) is 0 Å². The Bertz CT molecular complexity index is 430. The molecule has 0 aromatic heterocycles. The number of carbonyl (C=O) groups excluding carboxylic acids is 1. The van der Waals surface area contributed by atoms with Gasteiger partial charge < -0.3 is 15.2 Å². The van der Waals surface area contributed by atoms with Crippen LogP contribution in [0.3, 0.4) is 0 Å². The molecule has 0 unspecified atom stereocenters. The van der Waals surface area contributed by atoms with Gasteiger partial charge in [0, 0.05) is 6.04 Å². The van der Waals surface area contributed by atoms with Gasteiger partial charge in [0.05, 0.1) is 11.1 Å². The SMILES string of the molecule is O=C(COc1ccccc1Cl)NC1CCC(O)CC1. The van der Waals surface area contributed by atoms with Crippen LogP contribution in [0, 0.1) is 0 Å². The van der Waals surface area contributed by atoms with E-state index in [1.165, 1.54) is 0 Å². The second kappa shape index (κ2) is 6.78. The number of benzene rings is 1. The zero-order chi connectivity index (χ0) is 13.7. The summed E-state index contributed by atoms with van der Waals surface area (Å²) in [7, 11) is 0. The van der Waals surface area contributed by atoms with E-state index in [4.69, 9.17) is 16.3 Å². The first-order valence-corrected chi connectivity index (χ1v) is 6.87. The summed E-state index contributed by atoms with van der Waals surface area (Å²) in [5.41, 5.74) is 0. The average Bonchev–Trinajstić information content (AvgIpc) is 2.40. The van der Waals surface area contributed by atoms with Crippen molar-refractivity contribution in [3.05, 3.63) is 29.3 Å². The Morgan fingerprint density at radius 2 is 2.00 bits per heavy atom. The summed E-state index contributed by atoms with van der Waals surface area (Å²) >= 11 is 5.93. The molecule has 19 heavy (non-hydrogen) atoms. The largest absolute Gasteiger partial charge is 0.482 e. The fourth-order valence-corrected chi connectivity index (χ4v) is 2.38. The van der Waals surface area contributed by atoms with Gasteiger partial charge in [-0.1, -0.05) is 23.7 Å². The zero-order valence-electron chi connectivity index (χ0n) is 10.6. The van der Waals surface area contributed by atoms with Crippen molar-refractivity contribution in [2.24, 2.45) is 0 Å². The molecule has 2 rings (SSSR count). The quantitative estimate of drug-likeness (QED) is 0.890. The number of hydrogen-bond acceptors (Lipinski definition) is 3. The Morgan fingerprint density at radius 3 is 2.68 bits per heavy atom.